The van der Waals surface area contributed by atoms with Crippen LogP contribution in [-0.4, -0.2) is 53.4 Å². The molecule has 0 aliphatic carbocycles. The number of nitrogens with zero attached hydrogens (tertiary/aromatic N) is 6. The highest BCUT2D eigenvalue weighted by atomic mass is 35.5. The van der Waals surface area contributed by atoms with E-state index in [9.17, 15) is 0 Å². The minimum Gasteiger partial charge on any atom is -0.369 e. The van der Waals surface area contributed by atoms with Crippen LogP contribution in [0.3, 0.4) is 0 Å². The maximum absolute atomic E-state index is 5.85. The van der Waals surface area contributed by atoms with Gasteiger partial charge in [-0.2, -0.15) is 15.0 Å². The summed E-state index contributed by atoms with van der Waals surface area (Å²) in [7, 11) is 3.75. The highest BCUT2D eigenvalue weighted by Crippen LogP contribution is 2.14. The Bertz CT molecular complexity index is 388. The number of aliphatic imine (C=N–C) groups is 1. The zero-order valence-electron chi connectivity index (χ0n) is 10.6. The minimum atomic E-state index is 0.160. The smallest absolute Gasteiger partial charge is 0.256 e. The molecule has 0 aromatic carbocycles. The van der Waals surface area contributed by atoms with Gasteiger partial charge in [0, 0.05) is 27.2 Å². The predicted molar refractivity (Wildman–Crippen MR) is 70.2 cm³/mol. The summed E-state index contributed by atoms with van der Waals surface area (Å²) in [5.41, 5.74) is 0. The van der Waals surface area contributed by atoms with Crippen molar-refractivity contribution in [2.75, 3.05) is 32.1 Å². The lowest BCUT2D eigenvalue weighted by Crippen LogP contribution is -2.24. The van der Waals surface area contributed by atoms with Crippen molar-refractivity contribution in [3.05, 3.63) is 5.28 Å². The van der Waals surface area contributed by atoms with Gasteiger partial charge < -0.3 is 9.80 Å². The zero-order chi connectivity index (χ0) is 12.8. The standard InChI is InChI=1S/C10H17ClN6/c1-5-17(6-2)10-14-8(11)13-9(15-10)12-7-16(3)4/h7H,5-6H2,1-4H3. The average Bonchev–Trinajstić information content (AvgIpc) is 2.27. The number of halogens is 1. The topological polar surface area (TPSA) is 57.5 Å². The predicted octanol–water partition coefficient (Wildman–Crippen LogP) is 1.59. The van der Waals surface area contributed by atoms with Gasteiger partial charge in [-0.3, -0.25) is 0 Å². The third kappa shape index (κ3) is 4.14. The molecule has 0 saturated carbocycles. The lowest BCUT2D eigenvalue weighted by atomic mass is 10.5. The largest absolute Gasteiger partial charge is 0.369 e. The zero-order valence-corrected chi connectivity index (χ0v) is 11.3. The van der Waals surface area contributed by atoms with E-state index in [2.05, 4.69) is 19.9 Å². The first kappa shape index (κ1) is 13.6. The molecule has 0 spiro atoms. The first-order valence-electron chi connectivity index (χ1n) is 5.44. The fourth-order valence-electron chi connectivity index (χ4n) is 1.20. The fourth-order valence-corrected chi connectivity index (χ4v) is 1.35. The highest BCUT2D eigenvalue weighted by Gasteiger charge is 2.09. The summed E-state index contributed by atoms with van der Waals surface area (Å²) in [4.78, 5) is 20.2. The van der Waals surface area contributed by atoms with Crippen LogP contribution >= 0.6 is 11.6 Å². The summed E-state index contributed by atoms with van der Waals surface area (Å²) < 4.78 is 0. The molecule has 6 nitrogen and oxygen atoms in total. The maximum Gasteiger partial charge on any atom is 0.256 e. The van der Waals surface area contributed by atoms with Crippen molar-refractivity contribution < 1.29 is 0 Å². The highest BCUT2D eigenvalue weighted by molar-refractivity contribution is 6.28. The molecule has 0 N–H and O–H groups in total. The van der Waals surface area contributed by atoms with E-state index in [0.29, 0.717) is 11.9 Å². The number of rotatable bonds is 5. The Morgan fingerprint density at radius 3 is 2.35 bits per heavy atom. The molecule has 0 aliphatic heterocycles. The van der Waals surface area contributed by atoms with Crippen LogP contribution in [0.15, 0.2) is 4.99 Å². The van der Waals surface area contributed by atoms with Crippen LogP contribution in [0.25, 0.3) is 0 Å². The molecule has 0 aliphatic rings. The van der Waals surface area contributed by atoms with Gasteiger partial charge >= 0.3 is 0 Å². The Balaban J connectivity index is 3.01. The molecule has 17 heavy (non-hydrogen) atoms. The van der Waals surface area contributed by atoms with Crippen LogP contribution in [0.4, 0.5) is 11.9 Å². The second-order valence-corrected chi connectivity index (χ2v) is 3.92. The van der Waals surface area contributed by atoms with Gasteiger partial charge in [0.05, 0.1) is 6.34 Å². The number of hydrogen-bond acceptors (Lipinski definition) is 5. The van der Waals surface area contributed by atoms with Gasteiger partial charge in [0.2, 0.25) is 11.2 Å². The SMILES string of the molecule is CCN(CC)c1nc(Cl)nc(N=CN(C)C)n1. The molecule has 1 heterocycles. The Labute approximate surface area is 106 Å². The Morgan fingerprint density at radius 2 is 1.82 bits per heavy atom. The van der Waals surface area contributed by atoms with Gasteiger partial charge in [-0.15, -0.1) is 0 Å². The molecule has 94 valence electrons. The lowest BCUT2D eigenvalue weighted by Gasteiger charge is -2.18. The number of aromatic nitrogens is 3. The molecule has 1 aromatic rings. The number of anilines is 1. The minimum absolute atomic E-state index is 0.160. The Morgan fingerprint density at radius 1 is 1.18 bits per heavy atom. The molecule has 1 rings (SSSR count). The van der Waals surface area contributed by atoms with Crippen molar-refractivity contribution >= 4 is 29.8 Å². The number of hydrogen-bond donors (Lipinski definition) is 0. The normalized spacial score (nSPS) is 10.9. The van der Waals surface area contributed by atoms with Gasteiger partial charge in [0.25, 0.3) is 5.95 Å². The molecular weight excluding hydrogens is 240 g/mol. The van der Waals surface area contributed by atoms with Crippen LogP contribution in [0.2, 0.25) is 5.28 Å². The van der Waals surface area contributed by atoms with Crippen LogP contribution in [0, 0.1) is 0 Å². The van der Waals surface area contributed by atoms with E-state index in [1.807, 2.05) is 32.8 Å². The molecule has 0 amide bonds. The molecule has 0 saturated heterocycles. The van der Waals surface area contributed by atoms with Crippen molar-refractivity contribution in [3.63, 3.8) is 0 Å². The van der Waals surface area contributed by atoms with Gasteiger partial charge in [0.15, 0.2) is 0 Å². The molecular formula is C10H17ClN6. The van der Waals surface area contributed by atoms with Gasteiger partial charge in [0.1, 0.15) is 0 Å². The van der Waals surface area contributed by atoms with Crippen LogP contribution in [0.5, 0.6) is 0 Å². The summed E-state index contributed by atoms with van der Waals surface area (Å²) in [6.07, 6.45) is 1.62. The third-order valence-electron chi connectivity index (χ3n) is 2.03. The van der Waals surface area contributed by atoms with Crippen LogP contribution in [0.1, 0.15) is 13.8 Å². The summed E-state index contributed by atoms with van der Waals surface area (Å²) in [6.45, 7) is 5.69. The van der Waals surface area contributed by atoms with Gasteiger partial charge in [-0.25, -0.2) is 4.99 Å². The van der Waals surface area contributed by atoms with E-state index in [4.69, 9.17) is 11.6 Å². The third-order valence-corrected chi connectivity index (χ3v) is 2.20. The van der Waals surface area contributed by atoms with Crippen LogP contribution < -0.4 is 4.90 Å². The molecule has 1 aromatic heterocycles. The summed E-state index contributed by atoms with van der Waals surface area (Å²) in [5, 5.41) is 0.160. The molecule has 0 fully saturated rings. The van der Waals surface area contributed by atoms with Crippen molar-refractivity contribution in [2.45, 2.75) is 13.8 Å². The van der Waals surface area contributed by atoms with Gasteiger partial charge in [-0.05, 0) is 25.4 Å². The molecule has 0 radical (unpaired) electrons. The molecule has 7 heteroatoms. The first-order chi connectivity index (χ1) is 8.06. The van der Waals surface area contributed by atoms with E-state index in [1.165, 1.54) is 0 Å². The van der Waals surface area contributed by atoms with E-state index in [1.54, 1.807) is 11.2 Å². The second kappa shape index (κ2) is 6.34. The summed E-state index contributed by atoms with van der Waals surface area (Å²) in [6, 6.07) is 0. The Kier molecular flexibility index (Phi) is 5.09. The van der Waals surface area contributed by atoms with E-state index in [-0.39, 0.29) is 5.28 Å². The van der Waals surface area contributed by atoms with E-state index < -0.39 is 0 Å². The van der Waals surface area contributed by atoms with Crippen molar-refractivity contribution in [3.8, 4) is 0 Å². The first-order valence-corrected chi connectivity index (χ1v) is 5.81. The van der Waals surface area contributed by atoms with E-state index >= 15 is 0 Å². The second-order valence-electron chi connectivity index (χ2n) is 3.58. The van der Waals surface area contributed by atoms with Crippen LogP contribution in [-0.2, 0) is 0 Å². The Hall–Kier alpha value is -1.43. The maximum atomic E-state index is 5.85. The van der Waals surface area contributed by atoms with Gasteiger partial charge in [-0.1, -0.05) is 0 Å². The van der Waals surface area contributed by atoms with E-state index in [0.717, 1.165) is 13.1 Å². The molecule has 0 bridgehead atoms. The summed E-state index contributed by atoms with van der Waals surface area (Å²) >= 11 is 5.85. The fraction of sp³-hybridized carbons (Fsp3) is 0.600. The monoisotopic (exact) mass is 256 g/mol. The lowest BCUT2D eigenvalue weighted by molar-refractivity contribution is 0.642. The molecule has 0 atom stereocenters. The van der Waals surface area contributed by atoms with Crippen molar-refractivity contribution in [2.24, 2.45) is 4.99 Å². The quantitative estimate of drug-likeness (QED) is 0.592. The van der Waals surface area contributed by atoms with Crippen molar-refractivity contribution in [1.29, 1.82) is 0 Å². The summed E-state index contributed by atoms with van der Waals surface area (Å²) in [5.74, 6) is 0.876. The molecule has 0 unspecified atom stereocenters. The van der Waals surface area contributed by atoms with Crippen molar-refractivity contribution in [1.82, 2.24) is 19.9 Å². The average molecular weight is 257 g/mol.